The SMILES string of the molecule is CC1CNC(=O)[C@H]1c1ccc(C(=O)N2CCN(c3ncc(C4CC4)cc3C3CC3)CC2)cn1. The Balaban J connectivity index is 1.11. The van der Waals surface area contributed by atoms with Gasteiger partial charge in [-0.3, -0.25) is 14.6 Å². The molecule has 2 aromatic rings. The van der Waals surface area contributed by atoms with Crippen molar-refractivity contribution >= 4 is 17.6 Å². The molecule has 1 N–H and O–H groups in total. The maximum absolute atomic E-state index is 13.1. The highest BCUT2D eigenvalue weighted by molar-refractivity contribution is 5.94. The fraction of sp³-hybridized carbons (Fsp3) is 0.538. The third kappa shape index (κ3) is 3.98. The quantitative estimate of drug-likeness (QED) is 0.765. The molecule has 2 aliphatic carbocycles. The van der Waals surface area contributed by atoms with E-state index in [-0.39, 0.29) is 23.7 Å². The number of carbonyl (C=O) groups excluding carboxylic acids is 2. The van der Waals surface area contributed by atoms with Gasteiger partial charge >= 0.3 is 0 Å². The zero-order valence-corrected chi connectivity index (χ0v) is 19.2. The minimum absolute atomic E-state index is 0.0112. The molecule has 4 fully saturated rings. The fourth-order valence-corrected chi connectivity index (χ4v) is 5.28. The number of rotatable bonds is 5. The maximum atomic E-state index is 13.1. The van der Waals surface area contributed by atoms with E-state index in [1.165, 1.54) is 36.8 Å². The van der Waals surface area contributed by atoms with Crippen LogP contribution in [0, 0.1) is 5.92 Å². The molecule has 0 radical (unpaired) electrons. The van der Waals surface area contributed by atoms with Crippen molar-refractivity contribution in [3.63, 3.8) is 0 Å². The van der Waals surface area contributed by atoms with Crippen molar-refractivity contribution in [3.8, 4) is 0 Å². The number of nitrogens with one attached hydrogen (secondary N) is 1. The number of aromatic nitrogens is 2. The van der Waals surface area contributed by atoms with Crippen LogP contribution in [0.25, 0.3) is 0 Å². The van der Waals surface area contributed by atoms with Crippen LogP contribution in [-0.2, 0) is 4.79 Å². The summed E-state index contributed by atoms with van der Waals surface area (Å²) in [4.78, 5) is 38.8. The largest absolute Gasteiger partial charge is 0.355 e. The van der Waals surface area contributed by atoms with Crippen LogP contribution in [-0.4, -0.2) is 59.4 Å². The molecule has 1 unspecified atom stereocenters. The van der Waals surface area contributed by atoms with Crippen LogP contribution in [0.15, 0.2) is 30.6 Å². The molecule has 0 spiro atoms. The molecule has 7 nitrogen and oxygen atoms in total. The van der Waals surface area contributed by atoms with Gasteiger partial charge in [-0.05, 0) is 66.7 Å². The Morgan fingerprint density at radius 1 is 1.00 bits per heavy atom. The van der Waals surface area contributed by atoms with E-state index in [0.717, 1.165) is 30.5 Å². The lowest BCUT2D eigenvalue weighted by atomic mass is 9.93. The Morgan fingerprint density at radius 2 is 1.76 bits per heavy atom. The van der Waals surface area contributed by atoms with Gasteiger partial charge < -0.3 is 15.1 Å². The first-order chi connectivity index (χ1) is 16.1. The van der Waals surface area contributed by atoms with Crippen molar-refractivity contribution < 1.29 is 9.59 Å². The number of pyridine rings is 2. The summed E-state index contributed by atoms with van der Waals surface area (Å²) in [5, 5.41) is 2.89. The number of hydrogen-bond donors (Lipinski definition) is 1. The van der Waals surface area contributed by atoms with E-state index in [4.69, 9.17) is 4.98 Å². The van der Waals surface area contributed by atoms with E-state index < -0.39 is 0 Å². The van der Waals surface area contributed by atoms with Crippen LogP contribution in [0.3, 0.4) is 0 Å². The van der Waals surface area contributed by atoms with Gasteiger partial charge in [-0.1, -0.05) is 13.0 Å². The van der Waals surface area contributed by atoms with Crippen molar-refractivity contribution in [2.24, 2.45) is 5.92 Å². The minimum Gasteiger partial charge on any atom is -0.355 e. The lowest BCUT2D eigenvalue weighted by Crippen LogP contribution is -2.49. The van der Waals surface area contributed by atoms with Gasteiger partial charge in [-0.15, -0.1) is 0 Å². The van der Waals surface area contributed by atoms with Crippen molar-refractivity contribution in [2.45, 2.75) is 50.4 Å². The lowest BCUT2D eigenvalue weighted by molar-refractivity contribution is -0.120. The summed E-state index contributed by atoms with van der Waals surface area (Å²) in [6.07, 6.45) is 8.85. The minimum atomic E-state index is -0.225. The van der Waals surface area contributed by atoms with Crippen LogP contribution in [0.1, 0.15) is 77.5 Å². The first-order valence-electron chi connectivity index (χ1n) is 12.4. The van der Waals surface area contributed by atoms with Gasteiger partial charge in [0.2, 0.25) is 5.91 Å². The number of anilines is 1. The number of piperazine rings is 1. The molecule has 33 heavy (non-hydrogen) atoms. The van der Waals surface area contributed by atoms with Crippen LogP contribution in [0.4, 0.5) is 5.82 Å². The van der Waals surface area contributed by atoms with Crippen molar-refractivity contribution in [1.82, 2.24) is 20.2 Å². The zero-order chi connectivity index (χ0) is 22.5. The molecule has 2 saturated heterocycles. The summed E-state index contributed by atoms with van der Waals surface area (Å²) in [5.74, 6) is 2.55. The molecule has 0 bridgehead atoms. The second-order valence-corrected chi connectivity index (χ2v) is 10.2. The molecular formula is C26H31N5O2. The summed E-state index contributed by atoms with van der Waals surface area (Å²) in [5.41, 5.74) is 4.16. The summed E-state index contributed by atoms with van der Waals surface area (Å²) < 4.78 is 0. The van der Waals surface area contributed by atoms with Crippen molar-refractivity contribution in [3.05, 3.63) is 53.0 Å². The third-order valence-corrected chi connectivity index (χ3v) is 7.65. The standard InChI is InChI=1S/C26H31N5O2/c1-16-13-29-25(32)23(16)22-7-6-19(14-27-22)26(33)31-10-8-30(9-11-31)24-21(18-4-5-18)12-20(15-28-24)17-2-3-17/h6-7,12,14-18,23H,2-5,8-11,13H2,1H3,(H,29,32)/t16?,23-/m1/s1. The predicted molar refractivity (Wildman–Crippen MR) is 125 cm³/mol. The van der Waals surface area contributed by atoms with Crippen molar-refractivity contribution in [2.75, 3.05) is 37.6 Å². The molecule has 2 aromatic heterocycles. The second kappa shape index (κ2) is 8.12. The molecule has 2 saturated carbocycles. The summed E-state index contributed by atoms with van der Waals surface area (Å²) in [6.45, 7) is 5.68. The predicted octanol–water partition coefficient (Wildman–Crippen LogP) is 3.04. The summed E-state index contributed by atoms with van der Waals surface area (Å²) in [6, 6.07) is 6.06. The van der Waals surface area contributed by atoms with E-state index in [1.807, 2.05) is 24.0 Å². The Kier molecular flexibility index (Phi) is 5.07. The molecule has 7 heteroatoms. The molecule has 6 rings (SSSR count). The van der Waals surface area contributed by atoms with E-state index in [0.29, 0.717) is 31.1 Å². The van der Waals surface area contributed by atoms with Gasteiger partial charge in [-0.25, -0.2) is 4.98 Å². The van der Waals surface area contributed by atoms with E-state index in [9.17, 15) is 9.59 Å². The molecule has 2 atom stereocenters. The van der Waals surface area contributed by atoms with Gasteiger partial charge in [0.15, 0.2) is 0 Å². The van der Waals surface area contributed by atoms with Gasteiger partial charge in [0.1, 0.15) is 5.82 Å². The van der Waals surface area contributed by atoms with Gasteiger partial charge in [0.05, 0.1) is 17.2 Å². The highest BCUT2D eigenvalue weighted by Crippen LogP contribution is 2.47. The van der Waals surface area contributed by atoms with Crippen LogP contribution in [0.2, 0.25) is 0 Å². The lowest BCUT2D eigenvalue weighted by Gasteiger charge is -2.36. The Hall–Kier alpha value is -2.96. The molecule has 172 valence electrons. The number of nitrogens with zero attached hydrogens (tertiary/aromatic N) is 4. The second-order valence-electron chi connectivity index (χ2n) is 10.2. The normalized spacial score (nSPS) is 25.3. The molecule has 2 aliphatic heterocycles. The molecule has 4 heterocycles. The highest BCUT2D eigenvalue weighted by atomic mass is 16.2. The van der Waals surface area contributed by atoms with Gasteiger partial charge in [0, 0.05) is 45.1 Å². The molecule has 2 amide bonds. The first kappa shape index (κ1) is 20.6. The monoisotopic (exact) mass is 445 g/mol. The fourth-order valence-electron chi connectivity index (χ4n) is 5.28. The molecule has 0 aromatic carbocycles. The van der Waals surface area contributed by atoms with E-state index >= 15 is 0 Å². The smallest absolute Gasteiger partial charge is 0.255 e. The number of amides is 2. The zero-order valence-electron chi connectivity index (χ0n) is 19.2. The number of hydrogen-bond acceptors (Lipinski definition) is 5. The topological polar surface area (TPSA) is 78.4 Å². The number of carbonyl (C=O) groups is 2. The Labute approximate surface area is 194 Å². The van der Waals surface area contributed by atoms with Crippen LogP contribution in [0.5, 0.6) is 0 Å². The van der Waals surface area contributed by atoms with Gasteiger partial charge in [-0.2, -0.15) is 0 Å². The Bertz CT molecular complexity index is 1070. The maximum Gasteiger partial charge on any atom is 0.255 e. The van der Waals surface area contributed by atoms with Crippen LogP contribution < -0.4 is 10.2 Å². The summed E-state index contributed by atoms with van der Waals surface area (Å²) in [7, 11) is 0. The van der Waals surface area contributed by atoms with Crippen molar-refractivity contribution in [1.29, 1.82) is 0 Å². The Morgan fingerprint density at radius 3 is 2.36 bits per heavy atom. The third-order valence-electron chi connectivity index (χ3n) is 7.65. The van der Waals surface area contributed by atoms with E-state index in [2.05, 4.69) is 27.5 Å². The highest BCUT2D eigenvalue weighted by Gasteiger charge is 2.35. The van der Waals surface area contributed by atoms with Gasteiger partial charge in [0.25, 0.3) is 5.91 Å². The summed E-state index contributed by atoms with van der Waals surface area (Å²) >= 11 is 0. The molecule has 4 aliphatic rings. The first-order valence-corrected chi connectivity index (χ1v) is 12.4. The average Bonchev–Trinajstić information content (AvgIpc) is 3.77. The molecular weight excluding hydrogens is 414 g/mol. The average molecular weight is 446 g/mol. The van der Waals surface area contributed by atoms with E-state index in [1.54, 1.807) is 6.20 Å². The van der Waals surface area contributed by atoms with Crippen LogP contribution >= 0.6 is 0 Å².